The molecule has 4 heteroatoms. The maximum Gasteiger partial charge on any atom is 0.149 e. The monoisotopic (exact) mass is 361 g/mol. The van der Waals surface area contributed by atoms with Crippen molar-refractivity contribution in [2.24, 2.45) is 0 Å². The molecule has 0 unspecified atom stereocenters. The van der Waals surface area contributed by atoms with Crippen LogP contribution in [0, 0.1) is 11.6 Å². The van der Waals surface area contributed by atoms with Gasteiger partial charge < -0.3 is 5.32 Å². The first-order valence-electron chi connectivity index (χ1n) is 7.99. The maximum absolute atomic E-state index is 13.8. The number of hydrogen-bond acceptors (Lipinski definition) is 1. The van der Waals surface area contributed by atoms with Crippen LogP contribution in [-0.4, -0.2) is 6.04 Å². The first kappa shape index (κ1) is 18.4. The van der Waals surface area contributed by atoms with E-state index in [1.54, 1.807) is 0 Å². The quantitative estimate of drug-likeness (QED) is 0.362. The summed E-state index contributed by atoms with van der Waals surface area (Å²) >= 11 is 3.12. The summed E-state index contributed by atoms with van der Waals surface area (Å²) in [6.07, 6.45) is 9.10. The highest BCUT2D eigenvalue weighted by Crippen LogP contribution is 2.26. The predicted octanol–water partition coefficient (Wildman–Crippen LogP) is 6.67. The van der Waals surface area contributed by atoms with Crippen LogP contribution in [0.1, 0.15) is 65.2 Å². The zero-order valence-electron chi connectivity index (χ0n) is 13.0. The SMILES string of the molecule is CCCCCC(CCCCC)Nc1cc(Br)c(F)cc1F. The van der Waals surface area contributed by atoms with Crippen molar-refractivity contribution in [1.82, 2.24) is 0 Å². The summed E-state index contributed by atoms with van der Waals surface area (Å²) in [6.45, 7) is 4.35. The van der Waals surface area contributed by atoms with Crippen LogP contribution in [0.3, 0.4) is 0 Å². The number of halogens is 3. The minimum atomic E-state index is -0.563. The molecule has 0 radical (unpaired) electrons. The second kappa shape index (κ2) is 10.1. The van der Waals surface area contributed by atoms with Gasteiger partial charge >= 0.3 is 0 Å². The Kier molecular flexibility index (Phi) is 8.90. The van der Waals surface area contributed by atoms with Crippen LogP contribution in [0.25, 0.3) is 0 Å². The Bertz CT molecular complexity index is 413. The van der Waals surface area contributed by atoms with Gasteiger partial charge in [-0.05, 0) is 34.8 Å². The Balaban J connectivity index is 2.67. The molecule has 1 nitrogen and oxygen atoms in total. The molecule has 1 aromatic rings. The van der Waals surface area contributed by atoms with Gasteiger partial charge in [0.1, 0.15) is 11.6 Å². The largest absolute Gasteiger partial charge is 0.380 e. The van der Waals surface area contributed by atoms with Gasteiger partial charge in [0.25, 0.3) is 0 Å². The van der Waals surface area contributed by atoms with E-state index in [0.717, 1.165) is 31.7 Å². The number of unbranched alkanes of at least 4 members (excludes halogenated alkanes) is 4. The van der Waals surface area contributed by atoms with E-state index in [1.165, 1.54) is 31.7 Å². The lowest BCUT2D eigenvalue weighted by Crippen LogP contribution is -2.20. The molecular weight excluding hydrogens is 336 g/mol. The molecule has 0 aliphatic heterocycles. The summed E-state index contributed by atoms with van der Waals surface area (Å²) in [4.78, 5) is 0. The number of nitrogens with one attached hydrogen (secondary N) is 1. The second-order valence-electron chi connectivity index (χ2n) is 5.58. The summed E-state index contributed by atoms with van der Waals surface area (Å²) in [5.74, 6) is -1.08. The van der Waals surface area contributed by atoms with Crippen LogP contribution in [-0.2, 0) is 0 Å². The molecule has 0 atom stereocenters. The highest BCUT2D eigenvalue weighted by molar-refractivity contribution is 9.10. The number of benzene rings is 1. The molecule has 120 valence electrons. The van der Waals surface area contributed by atoms with E-state index in [4.69, 9.17) is 0 Å². The fourth-order valence-corrected chi connectivity index (χ4v) is 2.77. The Hall–Kier alpha value is -0.640. The van der Waals surface area contributed by atoms with Gasteiger partial charge in [-0.25, -0.2) is 8.78 Å². The Labute approximate surface area is 135 Å². The third-order valence-electron chi connectivity index (χ3n) is 3.68. The van der Waals surface area contributed by atoms with Crippen molar-refractivity contribution < 1.29 is 8.78 Å². The topological polar surface area (TPSA) is 12.0 Å². The van der Waals surface area contributed by atoms with Crippen LogP contribution < -0.4 is 5.32 Å². The zero-order valence-corrected chi connectivity index (χ0v) is 14.6. The third kappa shape index (κ3) is 6.77. The van der Waals surface area contributed by atoms with Gasteiger partial charge in [-0.15, -0.1) is 0 Å². The van der Waals surface area contributed by atoms with E-state index >= 15 is 0 Å². The summed E-state index contributed by atoms with van der Waals surface area (Å²) in [5, 5.41) is 3.26. The molecule has 0 aromatic heterocycles. The van der Waals surface area contributed by atoms with Crippen molar-refractivity contribution in [2.75, 3.05) is 5.32 Å². The van der Waals surface area contributed by atoms with Gasteiger partial charge in [0, 0.05) is 12.1 Å². The molecule has 0 saturated heterocycles. The highest BCUT2D eigenvalue weighted by atomic mass is 79.9. The van der Waals surface area contributed by atoms with E-state index in [0.29, 0.717) is 10.2 Å². The molecule has 0 saturated carbocycles. The van der Waals surface area contributed by atoms with Gasteiger partial charge in [-0.1, -0.05) is 52.4 Å². The van der Waals surface area contributed by atoms with Gasteiger partial charge in [0.2, 0.25) is 0 Å². The molecule has 1 rings (SSSR count). The van der Waals surface area contributed by atoms with E-state index < -0.39 is 11.6 Å². The van der Waals surface area contributed by atoms with Crippen LogP contribution in [0.5, 0.6) is 0 Å². The van der Waals surface area contributed by atoms with E-state index in [1.807, 2.05) is 0 Å². The first-order valence-corrected chi connectivity index (χ1v) is 8.78. The molecule has 0 aliphatic rings. The molecular formula is C17H26BrF2N. The number of hydrogen-bond donors (Lipinski definition) is 1. The molecule has 0 spiro atoms. The maximum atomic E-state index is 13.8. The third-order valence-corrected chi connectivity index (χ3v) is 4.29. The van der Waals surface area contributed by atoms with Crippen LogP contribution in [0.4, 0.5) is 14.5 Å². The molecule has 21 heavy (non-hydrogen) atoms. The zero-order chi connectivity index (χ0) is 15.7. The standard InChI is InChI=1S/C17H26BrF2N/c1-3-5-7-9-13(10-8-6-4-2)21-17-11-14(18)15(19)12-16(17)20/h11-13,21H,3-10H2,1-2H3. The predicted molar refractivity (Wildman–Crippen MR) is 89.8 cm³/mol. The Morgan fingerprint density at radius 1 is 0.952 bits per heavy atom. The van der Waals surface area contributed by atoms with Crippen molar-refractivity contribution in [2.45, 2.75) is 71.3 Å². The molecule has 0 fully saturated rings. The number of anilines is 1. The minimum absolute atomic E-state index is 0.259. The van der Waals surface area contributed by atoms with Crippen LogP contribution in [0.2, 0.25) is 0 Å². The highest BCUT2D eigenvalue weighted by Gasteiger charge is 2.13. The lowest BCUT2D eigenvalue weighted by molar-refractivity contribution is 0.520. The molecule has 0 amide bonds. The average Bonchev–Trinajstić information content (AvgIpc) is 2.45. The Morgan fingerprint density at radius 3 is 2.05 bits per heavy atom. The van der Waals surface area contributed by atoms with Crippen LogP contribution >= 0.6 is 15.9 Å². The van der Waals surface area contributed by atoms with E-state index in [9.17, 15) is 8.78 Å². The van der Waals surface area contributed by atoms with Crippen LogP contribution in [0.15, 0.2) is 16.6 Å². The summed E-state index contributed by atoms with van der Waals surface area (Å²) in [5.41, 5.74) is 0.390. The lowest BCUT2D eigenvalue weighted by atomic mass is 10.0. The molecule has 1 aromatic carbocycles. The van der Waals surface area contributed by atoms with Crippen molar-refractivity contribution in [3.8, 4) is 0 Å². The Morgan fingerprint density at radius 2 is 1.52 bits per heavy atom. The minimum Gasteiger partial charge on any atom is -0.380 e. The van der Waals surface area contributed by atoms with Gasteiger partial charge in [0.05, 0.1) is 10.2 Å². The summed E-state index contributed by atoms with van der Waals surface area (Å²) in [6, 6.07) is 2.69. The van der Waals surface area contributed by atoms with E-state index in [2.05, 4.69) is 35.1 Å². The van der Waals surface area contributed by atoms with Crippen molar-refractivity contribution >= 4 is 21.6 Å². The summed E-state index contributed by atoms with van der Waals surface area (Å²) in [7, 11) is 0. The average molecular weight is 362 g/mol. The second-order valence-corrected chi connectivity index (χ2v) is 6.43. The molecule has 0 aliphatic carbocycles. The van der Waals surface area contributed by atoms with Crippen molar-refractivity contribution in [3.63, 3.8) is 0 Å². The van der Waals surface area contributed by atoms with Gasteiger partial charge in [-0.2, -0.15) is 0 Å². The van der Waals surface area contributed by atoms with E-state index in [-0.39, 0.29) is 6.04 Å². The molecule has 0 bridgehead atoms. The molecule has 1 N–H and O–H groups in total. The van der Waals surface area contributed by atoms with Crippen molar-refractivity contribution in [3.05, 3.63) is 28.2 Å². The van der Waals surface area contributed by atoms with Gasteiger partial charge in [0.15, 0.2) is 0 Å². The first-order chi connectivity index (χ1) is 10.1. The summed E-state index contributed by atoms with van der Waals surface area (Å²) < 4.78 is 27.4. The number of rotatable bonds is 10. The fraction of sp³-hybridized carbons (Fsp3) is 0.647. The van der Waals surface area contributed by atoms with Crippen molar-refractivity contribution in [1.29, 1.82) is 0 Å². The fourth-order valence-electron chi connectivity index (χ4n) is 2.42. The normalized spacial score (nSPS) is 11.1. The lowest BCUT2D eigenvalue weighted by Gasteiger charge is -2.20. The molecule has 0 heterocycles. The smallest absolute Gasteiger partial charge is 0.149 e. The van der Waals surface area contributed by atoms with Gasteiger partial charge in [-0.3, -0.25) is 0 Å².